The summed E-state index contributed by atoms with van der Waals surface area (Å²) in [7, 11) is 0. The molecule has 0 bridgehead atoms. The standard InChI is InChI=1S/C15H18ClN3S/c16-13-3-1-12(2-4-13)15-6-5-14(20-15)11-18-7-9-19(17)10-8-18/h1-6H,7-11,17H2. The van der Waals surface area contributed by atoms with Gasteiger partial charge in [0, 0.05) is 47.5 Å². The number of nitrogens with zero attached hydrogens (tertiary/aromatic N) is 2. The molecule has 3 rings (SSSR count). The molecule has 3 nitrogen and oxygen atoms in total. The molecule has 0 amide bonds. The van der Waals surface area contributed by atoms with E-state index < -0.39 is 0 Å². The first-order valence-corrected chi connectivity index (χ1v) is 7.97. The van der Waals surface area contributed by atoms with E-state index in [0.717, 1.165) is 37.7 Å². The van der Waals surface area contributed by atoms with Crippen LogP contribution in [-0.4, -0.2) is 36.1 Å². The minimum absolute atomic E-state index is 0.783. The first kappa shape index (κ1) is 14.0. The zero-order valence-electron chi connectivity index (χ0n) is 11.3. The Bertz CT molecular complexity index is 559. The third kappa shape index (κ3) is 3.40. The Morgan fingerprint density at radius 1 is 1.00 bits per heavy atom. The first-order chi connectivity index (χ1) is 9.70. The quantitative estimate of drug-likeness (QED) is 0.885. The van der Waals surface area contributed by atoms with E-state index in [9.17, 15) is 0 Å². The topological polar surface area (TPSA) is 32.5 Å². The lowest BCUT2D eigenvalue weighted by Gasteiger charge is -2.31. The van der Waals surface area contributed by atoms with Crippen molar-refractivity contribution >= 4 is 22.9 Å². The van der Waals surface area contributed by atoms with E-state index in [1.54, 1.807) is 0 Å². The van der Waals surface area contributed by atoms with Crippen LogP contribution in [0.25, 0.3) is 10.4 Å². The van der Waals surface area contributed by atoms with Crippen molar-refractivity contribution in [1.82, 2.24) is 9.91 Å². The highest BCUT2D eigenvalue weighted by atomic mass is 35.5. The van der Waals surface area contributed by atoms with Gasteiger partial charge in [-0.15, -0.1) is 11.3 Å². The smallest absolute Gasteiger partial charge is 0.0406 e. The summed E-state index contributed by atoms with van der Waals surface area (Å²) in [5.74, 6) is 5.78. The van der Waals surface area contributed by atoms with Crippen molar-refractivity contribution in [3.05, 3.63) is 46.3 Å². The Labute approximate surface area is 128 Å². The number of hydrogen-bond donors (Lipinski definition) is 1. The Morgan fingerprint density at radius 3 is 2.40 bits per heavy atom. The van der Waals surface area contributed by atoms with Crippen molar-refractivity contribution < 1.29 is 0 Å². The monoisotopic (exact) mass is 307 g/mol. The molecule has 1 aliphatic rings. The Morgan fingerprint density at radius 2 is 1.70 bits per heavy atom. The van der Waals surface area contributed by atoms with E-state index in [2.05, 4.69) is 29.2 Å². The number of piperazine rings is 1. The molecule has 0 saturated carbocycles. The van der Waals surface area contributed by atoms with Gasteiger partial charge in [-0.2, -0.15) is 0 Å². The molecule has 0 radical (unpaired) electrons. The summed E-state index contributed by atoms with van der Waals surface area (Å²) in [5, 5.41) is 2.68. The van der Waals surface area contributed by atoms with Gasteiger partial charge in [-0.1, -0.05) is 23.7 Å². The maximum Gasteiger partial charge on any atom is 0.0406 e. The van der Waals surface area contributed by atoms with E-state index in [4.69, 9.17) is 17.4 Å². The molecular weight excluding hydrogens is 290 g/mol. The molecule has 0 atom stereocenters. The lowest BCUT2D eigenvalue weighted by Crippen LogP contribution is -2.48. The predicted molar refractivity (Wildman–Crippen MR) is 85.8 cm³/mol. The molecule has 20 heavy (non-hydrogen) atoms. The fraction of sp³-hybridized carbons (Fsp3) is 0.333. The van der Waals surface area contributed by atoms with Gasteiger partial charge in [-0.25, -0.2) is 5.01 Å². The van der Waals surface area contributed by atoms with Crippen LogP contribution in [0.1, 0.15) is 4.88 Å². The molecule has 2 heterocycles. The van der Waals surface area contributed by atoms with Gasteiger partial charge in [0.05, 0.1) is 0 Å². The average molecular weight is 308 g/mol. The van der Waals surface area contributed by atoms with E-state index in [0.29, 0.717) is 0 Å². The van der Waals surface area contributed by atoms with Crippen molar-refractivity contribution in [3.63, 3.8) is 0 Å². The Kier molecular flexibility index (Phi) is 4.38. The minimum atomic E-state index is 0.783. The van der Waals surface area contributed by atoms with Crippen LogP contribution in [0.2, 0.25) is 5.02 Å². The fourth-order valence-corrected chi connectivity index (χ4v) is 3.56. The Balaban J connectivity index is 1.66. The molecule has 106 valence electrons. The highest BCUT2D eigenvalue weighted by Crippen LogP contribution is 2.29. The number of nitrogens with two attached hydrogens (primary N) is 1. The number of hydrazine groups is 1. The van der Waals surface area contributed by atoms with Gasteiger partial charge in [0.25, 0.3) is 0 Å². The van der Waals surface area contributed by atoms with Crippen LogP contribution < -0.4 is 5.84 Å². The van der Waals surface area contributed by atoms with Crippen LogP contribution in [0.4, 0.5) is 0 Å². The molecule has 5 heteroatoms. The second-order valence-corrected chi connectivity index (χ2v) is 6.69. The maximum absolute atomic E-state index is 5.93. The van der Waals surface area contributed by atoms with Crippen molar-refractivity contribution in [2.75, 3.05) is 26.2 Å². The van der Waals surface area contributed by atoms with E-state index in [1.807, 2.05) is 28.5 Å². The second kappa shape index (κ2) is 6.24. The SMILES string of the molecule is NN1CCN(Cc2ccc(-c3ccc(Cl)cc3)s2)CC1. The Hall–Kier alpha value is -0.910. The molecule has 1 aromatic carbocycles. The molecule has 1 aliphatic heterocycles. The first-order valence-electron chi connectivity index (χ1n) is 6.77. The molecule has 0 aliphatic carbocycles. The molecule has 0 spiro atoms. The van der Waals surface area contributed by atoms with Gasteiger partial charge in [0.2, 0.25) is 0 Å². The maximum atomic E-state index is 5.93. The molecule has 0 unspecified atom stereocenters. The highest BCUT2D eigenvalue weighted by Gasteiger charge is 2.15. The summed E-state index contributed by atoms with van der Waals surface area (Å²) in [4.78, 5) is 5.16. The van der Waals surface area contributed by atoms with Gasteiger partial charge >= 0.3 is 0 Å². The summed E-state index contributed by atoms with van der Waals surface area (Å²) in [6, 6.07) is 12.5. The lowest BCUT2D eigenvalue weighted by atomic mass is 10.2. The van der Waals surface area contributed by atoms with E-state index in [-0.39, 0.29) is 0 Å². The second-order valence-electron chi connectivity index (χ2n) is 5.08. The lowest BCUT2D eigenvalue weighted by molar-refractivity contribution is 0.129. The van der Waals surface area contributed by atoms with Gasteiger partial charge in [-0.3, -0.25) is 10.7 Å². The van der Waals surface area contributed by atoms with Crippen LogP contribution in [0.15, 0.2) is 36.4 Å². The molecule has 2 aromatic rings. The minimum Gasteiger partial charge on any atom is -0.296 e. The van der Waals surface area contributed by atoms with Gasteiger partial charge < -0.3 is 0 Å². The number of rotatable bonds is 3. The third-order valence-corrected chi connectivity index (χ3v) is 4.95. The summed E-state index contributed by atoms with van der Waals surface area (Å²) < 4.78 is 0. The third-order valence-electron chi connectivity index (χ3n) is 3.58. The summed E-state index contributed by atoms with van der Waals surface area (Å²) in [6.07, 6.45) is 0. The van der Waals surface area contributed by atoms with Crippen molar-refractivity contribution in [3.8, 4) is 10.4 Å². The fourth-order valence-electron chi connectivity index (χ4n) is 2.37. The van der Waals surface area contributed by atoms with Gasteiger partial charge in [-0.05, 0) is 29.8 Å². The zero-order chi connectivity index (χ0) is 13.9. The van der Waals surface area contributed by atoms with Crippen LogP contribution in [0.5, 0.6) is 0 Å². The number of benzene rings is 1. The number of thiophene rings is 1. The normalized spacial score (nSPS) is 17.5. The summed E-state index contributed by atoms with van der Waals surface area (Å²) in [6.45, 7) is 5.02. The van der Waals surface area contributed by atoms with Crippen molar-refractivity contribution in [2.24, 2.45) is 5.84 Å². The summed E-state index contributed by atoms with van der Waals surface area (Å²) in [5.41, 5.74) is 1.23. The summed E-state index contributed by atoms with van der Waals surface area (Å²) >= 11 is 7.78. The molecule has 2 N–H and O–H groups in total. The average Bonchev–Trinajstić information content (AvgIpc) is 2.91. The van der Waals surface area contributed by atoms with Gasteiger partial charge in [0.15, 0.2) is 0 Å². The van der Waals surface area contributed by atoms with E-state index in [1.165, 1.54) is 15.3 Å². The molecular formula is C15H18ClN3S. The van der Waals surface area contributed by atoms with Crippen molar-refractivity contribution in [2.45, 2.75) is 6.54 Å². The number of hydrogen-bond acceptors (Lipinski definition) is 4. The predicted octanol–water partition coefficient (Wildman–Crippen LogP) is 3.06. The molecule has 1 aromatic heterocycles. The van der Waals surface area contributed by atoms with Crippen LogP contribution in [0, 0.1) is 0 Å². The molecule has 1 saturated heterocycles. The molecule has 1 fully saturated rings. The van der Waals surface area contributed by atoms with Crippen LogP contribution >= 0.6 is 22.9 Å². The van der Waals surface area contributed by atoms with Crippen LogP contribution in [-0.2, 0) is 6.54 Å². The largest absolute Gasteiger partial charge is 0.296 e. The zero-order valence-corrected chi connectivity index (χ0v) is 12.8. The highest BCUT2D eigenvalue weighted by molar-refractivity contribution is 7.15. The van der Waals surface area contributed by atoms with Gasteiger partial charge in [0.1, 0.15) is 0 Å². The van der Waals surface area contributed by atoms with E-state index >= 15 is 0 Å². The van der Waals surface area contributed by atoms with Crippen molar-refractivity contribution in [1.29, 1.82) is 0 Å². The number of halogens is 1. The van der Waals surface area contributed by atoms with Crippen LogP contribution in [0.3, 0.4) is 0 Å².